The quantitative estimate of drug-likeness (QED) is 0.665. The highest BCUT2D eigenvalue weighted by molar-refractivity contribution is 5.91. The van der Waals surface area contributed by atoms with E-state index in [2.05, 4.69) is 24.1 Å². The number of aromatic nitrogens is 1. The lowest BCUT2D eigenvalue weighted by Gasteiger charge is -2.35. The molecule has 0 aromatic carbocycles. The molecule has 2 heterocycles. The highest BCUT2D eigenvalue weighted by Gasteiger charge is 2.27. The molecule has 2 atom stereocenters. The van der Waals surface area contributed by atoms with E-state index in [0.29, 0.717) is 24.9 Å². The molecule has 1 aliphatic rings. The van der Waals surface area contributed by atoms with Crippen LogP contribution in [0.2, 0.25) is 0 Å². The Hall–Kier alpha value is -2.18. The second-order valence-electron chi connectivity index (χ2n) is 5.27. The van der Waals surface area contributed by atoms with Crippen molar-refractivity contribution in [2.75, 3.05) is 18.4 Å². The minimum absolute atomic E-state index is 0.182. The van der Waals surface area contributed by atoms with Crippen molar-refractivity contribution in [3.05, 3.63) is 28.6 Å². The summed E-state index contributed by atoms with van der Waals surface area (Å²) < 4.78 is 0. The van der Waals surface area contributed by atoms with Crippen LogP contribution in [0.1, 0.15) is 20.3 Å². The number of hydrogen-bond donors (Lipinski definition) is 1. The van der Waals surface area contributed by atoms with Gasteiger partial charge < -0.3 is 10.2 Å². The number of likely N-dealkylation sites (tertiary alicyclic amines) is 1. The van der Waals surface area contributed by atoms with E-state index in [1.165, 1.54) is 12.3 Å². The molecule has 0 aliphatic carbocycles. The molecular formula is C13H18N4O3. The molecule has 0 radical (unpaired) electrons. The molecule has 2 rings (SSSR count). The summed E-state index contributed by atoms with van der Waals surface area (Å²) in [4.78, 5) is 27.9. The smallest absolute Gasteiger partial charge is 0.322 e. The van der Waals surface area contributed by atoms with E-state index in [1.807, 2.05) is 0 Å². The van der Waals surface area contributed by atoms with Crippen LogP contribution in [0, 0.1) is 22.0 Å². The van der Waals surface area contributed by atoms with E-state index in [4.69, 9.17) is 0 Å². The van der Waals surface area contributed by atoms with Gasteiger partial charge in [0.25, 0.3) is 0 Å². The van der Waals surface area contributed by atoms with Crippen molar-refractivity contribution in [2.24, 2.45) is 11.8 Å². The Labute approximate surface area is 117 Å². The molecule has 1 aromatic rings. The maximum absolute atomic E-state index is 12.2. The Balaban J connectivity index is 2.07. The molecule has 1 aliphatic heterocycles. The van der Waals surface area contributed by atoms with E-state index in [9.17, 15) is 14.9 Å². The number of hydrogen-bond acceptors (Lipinski definition) is 4. The molecule has 7 heteroatoms. The molecular weight excluding hydrogens is 260 g/mol. The first-order valence-corrected chi connectivity index (χ1v) is 6.63. The Morgan fingerprint density at radius 2 is 2.25 bits per heavy atom. The topological polar surface area (TPSA) is 88.4 Å². The zero-order valence-corrected chi connectivity index (χ0v) is 11.6. The third-order valence-electron chi connectivity index (χ3n) is 3.86. The molecule has 1 fully saturated rings. The monoisotopic (exact) mass is 278 g/mol. The van der Waals surface area contributed by atoms with Crippen molar-refractivity contribution in [3.8, 4) is 0 Å². The number of nitrogens with one attached hydrogen (secondary N) is 1. The van der Waals surface area contributed by atoms with Crippen LogP contribution in [0.25, 0.3) is 0 Å². The largest absolute Gasteiger partial charge is 0.324 e. The van der Waals surface area contributed by atoms with Crippen LogP contribution in [-0.2, 0) is 0 Å². The highest BCUT2D eigenvalue weighted by atomic mass is 16.6. The van der Waals surface area contributed by atoms with E-state index in [1.54, 1.807) is 4.90 Å². The minimum atomic E-state index is -0.552. The van der Waals surface area contributed by atoms with Crippen molar-refractivity contribution >= 4 is 17.4 Å². The Morgan fingerprint density at radius 3 is 2.90 bits per heavy atom. The summed E-state index contributed by atoms with van der Waals surface area (Å²) in [5.41, 5.74) is -0.0134. The number of pyridine rings is 1. The summed E-state index contributed by atoms with van der Waals surface area (Å²) in [7, 11) is 0. The number of carbonyl (C=O) groups excluding carboxylic acids is 1. The van der Waals surface area contributed by atoms with Gasteiger partial charge in [0.2, 0.25) is 0 Å². The summed E-state index contributed by atoms with van der Waals surface area (Å²) in [6.45, 7) is 5.63. The number of carbonyl (C=O) groups is 1. The summed E-state index contributed by atoms with van der Waals surface area (Å²) in [6.07, 6.45) is 3.51. The van der Waals surface area contributed by atoms with Gasteiger partial charge in [-0.15, -0.1) is 0 Å². The van der Waals surface area contributed by atoms with E-state index in [-0.39, 0.29) is 17.4 Å². The molecule has 1 aromatic heterocycles. The fraction of sp³-hybridized carbons (Fsp3) is 0.538. The van der Waals surface area contributed by atoms with Gasteiger partial charge in [-0.1, -0.05) is 13.8 Å². The van der Waals surface area contributed by atoms with Gasteiger partial charge in [-0.05, 0) is 24.3 Å². The number of rotatable bonds is 2. The molecule has 2 amide bonds. The second-order valence-corrected chi connectivity index (χ2v) is 5.27. The number of nitrogens with zero attached hydrogens (tertiary/aromatic N) is 3. The summed E-state index contributed by atoms with van der Waals surface area (Å²) in [6, 6.07) is 1.14. The van der Waals surface area contributed by atoms with Crippen molar-refractivity contribution < 1.29 is 9.72 Å². The van der Waals surface area contributed by atoms with Gasteiger partial charge in [-0.3, -0.25) is 15.1 Å². The average molecular weight is 278 g/mol. The molecule has 0 saturated carbocycles. The molecule has 0 unspecified atom stereocenters. The average Bonchev–Trinajstić information content (AvgIpc) is 2.42. The van der Waals surface area contributed by atoms with Crippen LogP contribution < -0.4 is 5.32 Å². The number of anilines is 1. The van der Waals surface area contributed by atoms with E-state index >= 15 is 0 Å². The molecule has 1 saturated heterocycles. The predicted octanol–water partition coefficient (Wildman–Crippen LogP) is 2.50. The van der Waals surface area contributed by atoms with Crippen molar-refractivity contribution in [2.45, 2.75) is 20.3 Å². The van der Waals surface area contributed by atoms with Gasteiger partial charge in [0, 0.05) is 19.3 Å². The van der Waals surface area contributed by atoms with Crippen LogP contribution >= 0.6 is 0 Å². The molecule has 20 heavy (non-hydrogen) atoms. The van der Waals surface area contributed by atoms with Gasteiger partial charge in [0.1, 0.15) is 11.9 Å². The summed E-state index contributed by atoms with van der Waals surface area (Å²) in [5.74, 6) is 1.02. The Morgan fingerprint density at radius 1 is 1.50 bits per heavy atom. The normalized spacial score (nSPS) is 22.4. The first-order chi connectivity index (χ1) is 9.49. The second kappa shape index (κ2) is 5.85. The first-order valence-electron chi connectivity index (χ1n) is 6.63. The SMILES string of the molecule is C[C@@H]1CCN(C(=O)Nc2ccncc2[N+](=O)[O-])C[C@@H]1C. The lowest BCUT2D eigenvalue weighted by atomic mass is 9.89. The van der Waals surface area contributed by atoms with E-state index in [0.717, 1.165) is 12.6 Å². The Bertz CT molecular complexity index is 520. The third-order valence-corrected chi connectivity index (χ3v) is 3.86. The number of nitro groups is 1. The number of piperidine rings is 1. The van der Waals surface area contributed by atoms with Crippen LogP contribution in [0.5, 0.6) is 0 Å². The summed E-state index contributed by atoms with van der Waals surface area (Å²) in [5, 5.41) is 13.5. The fourth-order valence-electron chi connectivity index (χ4n) is 2.28. The fourth-order valence-corrected chi connectivity index (χ4v) is 2.28. The van der Waals surface area contributed by atoms with Gasteiger partial charge in [0.05, 0.1) is 4.92 Å². The minimum Gasteiger partial charge on any atom is -0.324 e. The summed E-state index contributed by atoms with van der Waals surface area (Å²) >= 11 is 0. The van der Waals surface area contributed by atoms with Crippen LogP contribution in [-0.4, -0.2) is 33.9 Å². The number of urea groups is 1. The molecule has 7 nitrogen and oxygen atoms in total. The van der Waals surface area contributed by atoms with Crippen LogP contribution in [0.3, 0.4) is 0 Å². The highest BCUT2D eigenvalue weighted by Crippen LogP contribution is 2.25. The molecule has 108 valence electrons. The van der Waals surface area contributed by atoms with Crippen LogP contribution in [0.15, 0.2) is 18.5 Å². The molecule has 0 spiro atoms. The first kappa shape index (κ1) is 14.2. The standard InChI is InChI=1S/C13H18N4O3/c1-9-4-6-16(8-10(9)2)13(18)15-11-3-5-14-7-12(11)17(19)20/h3,5,7,9-10H,4,6,8H2,1-2H3,(H,14,15,18)/t9-,10+/m1/s1. The zero-order valence-electron chi connectivity index (χ0n) is 11.6. The predicted molar refractivity (Wildman–Crippen MR) is 74.4 cm³/mol. The third kappa shape index (κ3) is 3.04. The van der Waals surface area contributed by atoms with Crippen LogP contribution in [0.4, 0.5) is 16.2 Å². The van der Waals surface area contributed by atoms with Gasteiger partial charge in [0.15, 0.2) is 0 Å². The van der Waals surface area contributed by atoms with Gasteiger partial charge in [-0.25, -0.2) is 4.79 Å². The number of amides is 2. The maximum atomic E-state index is 12.2. The maximum Gasteiger partial charge on any atom is 0.322 e. The zero-order chi connectivity index (χ0) is 14.7. The Kier molecular flexibility index (Phi) is 4.16. The van der Waals surface area contributed by atoms with Gasteiger partial charge in [-0.2, -0.15) is 0 Å². The van der Waals surface area contributed by atoms with Gasteiger partial charge >= 0.3 is 11.7 Å². The lowest BCUT2D eigenvalue weighted by molar-refractivity contribution is -0.384. The lowest BCUT2D eigenvalue weighted by Crippen LogP contribution is -2.44. The van der Waals surface area contributed by atoms with Crippen molar-refractivity contribution in [3.63, 3.8) is 0 Å². The van der Waals surface area contributed by atoms with Crippen molar-refractivity contribution in [1.29, 1.82) is 0 Å². The van der Waals surface area contributed by atoms with Crippen molar-refractivity contribution in [1.82, 2.24) is 9.88 Å². The van der Waals surface area contributed by atoms with E-state index < -0.39 is 4.92 Å². The molecule has 0 bridgehead atoms. The molecule has 1 N–H and O–H groups in total.